The Morgan fingerprint density at radius 3 is 2.39 bits per heavy atom. The summed E-state index contributed by atoms with van der Waals surface area (Å²) in [4.78, 5) is 8.79. The second-order valence-corrected chi connectivity index (χ2v) is 5.29. The number of hydrazine groups is 1. The van der Waals surface area contributed by atoms with E-state index in [4.69, 9.17) is 5.84 Å². The maximum atomic E-state index is 9.20. The molecular weight excluding hydrogens is 230 g/mol. The summed E-state index contributed by atoms with van der Waals surface area (Å²) in [5.74, 6) is 7.34. The van der Waals surface area contributed by atoms with Crippen LogP contribution in [-0.2, 0) is 5.41 Å². The van der Waals surface area contributed by atoms with E-state index in [0.717, 1.165) is 6.42 Å². The van der Waals surface area contributed by atoms with Crippen molar-refractivity contribution in [3.8, 4) is 0 Å². The summed E-state index contributed by atoms with van der Waals surface area (Å²) in [7, 11) is 0. The van der Waals surface area contributed by atoms with Crippen LogP contribution in [-0.4, -0.2) is 27.7 Å². The van der Waals surface area contributed by atoms with Crippen molar-refractivity contribution >= 4 is 11.6 Å². The zero-order valence-electron chi connectivity index (χ0n) is 11.5. The van der Waals surface area contributed by atoms with Crippen LogP contribution in [0.15, 0.2) is 6.07 Å². The van der Waals surface area contributed by atoms with Gasteiger partial charge < -0.3 is 15.8 Å². The number of anilines is 2. The number of aliphatic hydroxyl groups is 1. The van der Waals surface area contributed by atoms with E-state index in [1.165, 1.54) is 0 Å². The highest BCUT2D eigenvalue weighted by molar-refractivity contribution is 5.48. The first-order valence-corrected chi connectivity index (χ1v) is 6.14. The zero-order valence-corrected chi connectivity index (χ0v) is 11.5. The molecule has 0 bridgehead atoms. The largest absolute Gasteiger partial charge is 0.394 e. The van der Waals surface area contributed by atoms with Crippen LogP contribution in [0.4, 0.5) is 11.6 Å². The van der Waals surface area contributed by atoms with Crippen LogP contribution in [0.3, 0.4) is 0 Å². The molecule has 0 saturated carbocycles. The molecule has 6 heteroatoms. The summed E-state index contributed by atoms with van der Waals surface area (Å²) >= 11 is 0. The van der Waals surface area contributed by atoms with Gasteiger partial charge in [-0.2, -0.15) is 0 Å². The van der Waals surface area contributed by atoms with Crippen molar-refractivity contribution in [2.24, 2.45) is 5.84 Å². The van der Waals surface area contributed by atoms with E-state index in [1.807, 2.05) is 27.7 Å². The first-order valence-electron chi connectivity index (χ1n) is 6.14. The van der Waals surface area contributed by atoms with Crippen molar-refractivity contribution in [2.45, 2.75) is 45.6 Å². The molecule has 1 aromatic rings. The maximum Gasteiger partial charge on any atom is 0.145 e. The van der Waals surface area contributed by atoms with Crippen molar-refractivity contribution in [3.05, 3.63) is 11.9 Å². The molecule has 6 nitrogen and oxygen atoms in total. The molecule has 0 radical (unpaired) electrons. The number of rotatable bonds is 5. The van der Waals surface area contributed by atoms with Gasteiger partial charge in [0.15, 0.2) is 0 Å². The van der Waals surface area contributed by atoms with Gasteiger partial charge in [0.1, 0.15) is 17.5 Å². The van der Waals surface area contributed by atoms with Crippen molar-refractivity contribution in [3.63, 3.8) is 0 Å². The average molecular weight is 253 g/mol. The average Bonchev–Trinajstić information content (AvgIpc) is 2.34. The highest BCUT2D eigenvalue weighted by Gasteiger charge is 2.19. The topological polar surface area (TPSA) is 96.1 Å². The Morgan fingerprint density at radius 1 is 1.33 bits per heavy atom. The van der Waals surface area contributed by atoms with E-state index in [-0.39, 0.29) is 18.1 Å². The summed E-state index contributed by atoms with van der Waals surface area (Å²) in [5.41, 5.74) is 2.37. The van der Waals surface area contributed by atoms with Crippen molar-refractivity contribution in [2.75, 3.05) is 17.3 Å². The van der Waals surface area contributed by atoms with Gasteiger partial charge in [-0.25, -0.2) is 15.8 Å². The van der Waals surface area contributed by atoms with Gasteiger partial charge in [-0.1, -0.05) is 27.7 Å². The lowest BCUT2D eigenvalue weighted by molar-refractivity contribution is 0.271. The van der Waals surface area contributed by atoms with Crippen LogP contribution in [0, 0.1) is 0 Å². The number of nitrogen functional groups attached to an aromatic ring is 1. The van der Waals surface area contributed by atoms with E-state index < -0.39 is 0 Å². The predicted octanol–water partition coefficient (Wildman–Crippen LogP) is 1.24. The molecule has 0 aliphatic carbocycles. The molecule has 0 aliphatic heterocycles. The van der Waals surface area contributed by atoms with Gasteiger partial charge in [-0.15, -0.1) is 0 Å². The predicted molar refractivity (Wildman–Crippen MR) is 73.3 cm³/mol. The minimum atomic E-state index is -0.162. The third-order valence-corrected chi connectivity index (χ3v) is 2.61. The van der Waals surface area contributed by atoms with E-state index in [9.17, 15) is 5.11 Å². The number of aromatic nitrogens is 2. The van der Waals surface area contributed by atoms with Crippen LogP contribution in [0.1, 0.15) is 39.9 Å². The van der Waals surface area contributed by atoms with Gasteiger partial charge in [0.2, 0.25) is 0 Å². The summed E-state index contributed by atoms with van der Waals surface area (Å²) in [5, 5.41) is 12.4. The summed E-state index contributed by atoms with van der Waals surface area (Å²) in [6, 6.07) is 1.71. The molecule has 0 fully saturated rings. The van der Waals surface area contributed by atoms with Crippen LogP contribution in [0.25, 0.3) is 0 Å². The fourth-order valence-corrected chi connectivity index (χ4v) is 1.42. The number of nitrogens with two attached hydrogens (primary N) is 1. The first-order chi connectivity index (χ1) is 8.40. The molecular formula is C12H23N5O. The number of hydrogen-bond donors (Lipinski definition) is 4. The highest BCUT2D eigenvalue weighted by atomic mass is 16.3. The second kappa shape index (κ2) is 5.97. The molecule has 1 heterocycles. The van der Waals surface area contributed by atoms with Gasteiger partial charge in [-0.3, -0.25) is 0 Å². The number of nitrogens with zero attached hydrogens (tertiary/aromatic N) is 2. The molecule has 1 unspecified atom stereocenters. The first kappa shape index (κ1) is 14.7. The molecule has 102 valence electrons. The minimum Gasteiger partial charge on any atom is -0.394 e. The summed E-state index contributed by atoms with van der Waals surface area (Å²) < 4.78 is 0. The fourth-order valence-electron chi connectivity index (χ4n) is 1.42. The summed E-state index contributed by atoms with van der Waals surface area (Å²) in [6.07, 6.45) is 0.816. The Morgan fingerprint density at radius 2 is 1.94 bits per heavy atom. The molecule has 0 spiro atoms. The van der Waals surface area contributed by atoms with E-state index in [0.29, 0.717) is 17.5 Å². The minimum absolute atomic E-state index is 0.0154. The third kappa shape index (κ3) is 3.82. The van der Waals surface area contributed by atoms with Gasteiger partial charge in [0.05, 0.1) is 12.6 Å². The Hall–Kier alpha value is -1.40. The fraction of sp³-hybridized carbons (Fsp3) is 0.667. The van der Waals surface area contributed by atoms with Crippen molar-refractivity contribution in [1.29, 1.82) is 0 Å². The van der Waals surface area contributed by atoms with Crippen LogP contribution < -0.4 is 16.6 Å². The molecule has 0 saturated heterocycles. The van der Waals surface area contributed by atoms with E-state index in [2.05, 4.69) is 20.7 Å². The Bertz CT molecular complexity index is 385. The van der Waals surface area contributed by atoms with Gasteiger partial charge >= 0.3 is 0 Å². The van der Waals surface area contributed by atoms with Crippen LogP contribution in [0.2, 0.25) is 0 Å². The van der Waals surface area contributed by atoms with E-state index >= 15 is 0 Å². The monoisotopic (exact) mass is 253 g/mol. The van der Waals surface area contributed by atoms with Gasteiger partial charge in [0.25, 0.3) is 0 Å². The van der Waals surface area contributed by atoms with Crippen LogP contribution in [0.5, 0.6) is 0 Å². The highest BCUT2D eigenvalue weighted by Crippen LogP contribution is 2.22. The number of hydrogen-bond acceptors (Lipinski definition) is 6. The Kier molecular flexibility index (Phi) is 4.86. The molecule has 0 aromatic carbocycles. The maximum absolute atomic E-state index is 9.20. The lowest BCUT2D eigenvalue weighted by Crippen LogP contribution is -2.25. The molecule has 18 heavy (non-hydrogen) atoms. The third-order valence-electron chi connectivity index (χ3n) is 2.61. The SMILES string of the molecule is CCC(CO)Nc1cc(NN)nc(C(C)(C)C)n1. The van der Waals surface area contributed by atoms with Crippen molar-refractivity contribution in [1.82, 2.24) is 9.97 Å². The molecule has 1 rings (SSSR count). The van der Waals surface area contributed by atoms with Gasteiger partial charge in [-0.05, 0) is 6.42 Å². The smallest absolute Gasteiger partial charge is 0.145 e. The second-order valence-electron chi connectivity index (χ2n) is 5.29. The summed E-state index contributed by atoms with van der Waals surface area (Å²) in [6.45, 7) is 8.18. The Labute approximate surface area is 108 Å². The number of aliphatic hydroxyl groups excluding tert-OH is 1. The van der Waals surface area contributed by atoms with E-state index in [1.54, 1.807) is 6.07 Å². The van der Waals surface area contributed by atoms with Crippen molar-refractivity contribution < 1.29 is 5.11 Å². The lowest BCUT2D eigenvalue weighted by Gasteiger charge is -2.20. The molecule has 1 atom stereocenters. The Balaban J connectivity index is 3.04. The standard InChI is InChI=1S/C12H23N5O/c1-5-8(7-18)14-9-6-10(17-13)16-11(15-9)12(2,3)4/h6,8,18H,5,7,13H2,1-4H3,(H2,14,15,16,17). The quantitative estimate of drug-likeness (QED) is 0.466. The lowest BCUT2D eigenvalue weighted by atomic mass is 9.96. The normalized spacial score (nSPS) is 13.2. The molecule has 5 N–H and O–H groups in total. The number of nitrogens with one attached hydrogen (secondary N) is 2. The molecule has 0 aliphatic rings. The van der Waals surface area contributed by atoms with Gasteiger partial charge in [0, 0.05) is 11.5 Å². The zero-order chi connectivity index (χ0) is 13.8. The molecule has 1 aromatic heterocycles. The molecule has 0 amide bonds. The van der Waals surface area contributed by atoms with Crippen LogP contribution >= 0.6 is 0 Å².